The van der Waals surface area contributed by atoms with Crippen molar-refractivity contribution in [2.24, 2.45) is 0 Å². The average Bonchev–Trinajstić information content (AvgIpc) is 3.39. The lowest BCUT2D eigenvalue weighted by atomic mass is 9.99. The second kappa shape index (κ2) is 12.1. The van der Waals surface area contributed by atoms with Crippen LogP contribution in [-0.2, 0) is 11.3 Å². The lowest BCUT2D eigenvalue weighted by Gasteiger charge is -2.31. The summed E-state index contributed by atoms with van der Waals surface area (Å²) in [6, 6.07) is 10.4. The molecule has 232 valence electrons. The number of alkyl halides is 5. The summed E-state index contributed by atoms with van der Waals surface area (Å²) in [5, 5.41) is 2.97. The lowest BCUT2D eigenvalue weighted by molar-refractivity contribution is -0.274. The highest BCUT2D eigenvalue weighted by Crippen LogP contribution is 2.37. The van der Waals surface area contributed by atoms with E-state index in [2.05, 4.69) is 20.0 Å². The molecule has 3 aromatic heterocycles. The third kappa shape index (κ3) is 7.41. The fraction of sp³-hybridized carbons (Fsp3) is 0.333. The van der Waals surface area contributed by atoms with Crippen LogP contribution in [-0.4, -0.2) is 52.1 Å². The molecule has 0 radical (unpaired) electrons. The second-order valence-corrected chi connectivity index (χ2v) is 10.6. The molecule has 1 aromatic carbocycles. The number of nitrogens with two attached hydrogens (primary N) is 1. The van der Waals surface area contributed by atoms with E-state index in [0.717, 1.165) is 11.6 Å². The van der Waals surface area contributed by atoms with Crippen LogP contribution in [0.5, 0.6) is 5.75 Å². The number of nitrogen functional groups attached to an aromatic ring is 1. The van der Waals surface area contributed by atoms with Crippen molar-refractivity contribution in [3.63, 3.8) is 0 Å². The first-order valence-electron chi connectivity index (χ1n) is 13.7. The number of benzene rings is 1. The van der Waals surface area contributed by atoms with E-state index < -0.39 is 36.8 Å². The van der Waals surface area contributed by atoms with Gasteiger partial charge in [-0.3, -0.25) is 14.6 Å². The molecule has 1 aliphatic heterocycles. The zero-order valence-electron chi connectivity index (χ0n) is 23.5. The Labute approximate surface area is 248 Å². The van der Waals surface area contributed by atoms with Crippen molar-refractivity contribution in [3.8, 4) is 17.0 Å². The van der Waals surface area contributed by atoms with Crippen LogP contribution in [0, 0.1) is 0 Å². The van der Waals surface area contributed by atoms with Gasteiger partial charge in [0.2, 0.25) is 5.91 Å². The maximum absolute atomic E-state index is 13.5. The summed E-state index contributed by atoms with van der Waals surface area (Å²) in [4.78, 5) is 34.9. The maximum Gasteiger partial charge on any atom is 0.573 e. The van der Waals surface area contributed by atoms with Gasteiger partial charge < -0.3 is 25.1 Å². The Hall–Kier alpha value is -4.75. The summed E-state index contributed by atoms with van der Waals surface area (Å²) in [7, 11) is 0. The van der Waals surface area contributed by atoms with E-state index in [1.165, 1.54) is 29.3 Å². The predicted octanol–water partition coefficient (Wildman–Crippen LogP) is 6.05. The van der Waals surface area contributed by atoms with Crippen molar-refractivity contribution in [1.29, 1.82) is 0 Å². The van der Waals surface area contributed by atoms with Crippen molar-refractivity contribution in [1.82, 2.24) is 20.2 Å². The highest BCUT2D eigenvalue weighted by Gasteiger charge is 2.36. The molecule has 4 heterocycles. The minimum atomic E-state index is -5.02. The second-order valence-electron chi connectivity index (χ2n) is 10.6. The molecule has 0 spiro atoms. The fourth-order valence-corrected chi connectivity index (χ4v) is 4.88. The fourth-order valence-electron chi connectivity index (χ4n) is 4.88. The van der Waals surface area contributed by atoms with Crippen LogP contribution in [0.2, 0.25) is 0 Å². The van der Waals surface area contributed by atoms with Crippen LogP contribution in [0.15, 0.2) is 59.3 Å². The first-order valence-corrected chi connectivity index (χ1v) is 13.7. The van der Waals surface area contributed by atoms with Crippen molar-refractivity contribution in [2.45, 2.75) is 50.9 Å². The van der Waals surface area contributed by atoms with E-state index in [-0.39, 0.29) is 71.4 Å². The number of aromatic nitrogens is 2. The van der Waals surface area contributed by atoms with Gasteiger partial charge in [-0.15, -0.1) is 13.2 Å². The summed E-state index contributed by atoms with van der Waals surface area (Å²) in [6.07, 6.45) is -2.91. The molecular formula is C30H28F5N5O4. The molecule has 5 rings (SSSR count). The monoisotopic (exact) mass is 617 g/mol. The zero-order valence-corrected chi connectivity index (χ0v) is 23.5. The van der Waals surface area contributed by atoms with Crippen LogP contribution in [0.1, 0.15) is 53.8 Å². The maximum atomic E-state index is 13.5. The van der Waals surface area contributed by atoms with Crippen molar-refractivity contribution >= 4 is 28.6 Å². The number of amides is 2. The van der Waals surface area contributed by atoms with E-state index >= 15 is 0 Å². The van der Waals surface area contributed by atoms with Gasteiger partial charge in [0.1, 0.15) is 11.6 Å². The number of pyridine rings is 2. The Balaban J connectivity index is 1.32. The Morgan fingerprint density at radius 3 is 2.48 bits per heavy atom. The third-order valence-electron chi connectivity index (χ3n) is 7.28. The minimum Gasteiger partial charge on any atom is -0.455 e. The number of piperidine rings is 1. The number of ether oxygens (including phenoxy) is 1. The first-order chi connectivity index (χ1) is 20.8. The Kier molecular flexibility index (Phi) is 8.44. The standard InChI is InChI=1S/C30H28F5N5O4/c1-17(18-3-5-25(36)38-14-18)10-26(41)39-16-22-12-21-11-20(13-24(27(21)43-22)44-30(33,34)35)23-4-2-19(15-37-23)28(42)40-8-6-29(31,32)7-9-40/h2-5,11-15,17H,6-10,16H2,1H3,(H2,36,38)(H,39,41). The van der Waals surface area contributed by atoms with E-state index in [4.69, 9.17) is 10.2 Å². The lowest BCUT2D eigenvalue weighted by Crippen LogP contribution is -2.42. The van der Waals surface area contributed by atoms with Gasteiger partial charge in [0.05, 0.1) is 17.8 Å². The van der Waals surface area contributed by atoms with E-state index in [1.807, 2.05) is 6.92 Å². The summed E-state index contributed by atoms with van der Waals surface area (Å²) < 4.78 is 76.6. The first kappa shape index (κ1) is 30.7. The van der Waals surface area contributed by atoms with Gasteiger partial charge in [0.25, 0.3) is 11.8 Å². The van der Waals surface area contributed by atoms with Crippen molar-refractivity contribution < 1.29 is 40.7 Å². The van der Waals surface area contributed by atoms with Crippen LogP contribution >= 0.6 is 0 Å². The van der Waals surface area contributed by atoms with Gasteiger partial charge in [-0.05, 0) is 47.9 Å². The van der Waals surface area contributed by atoms with Gasteiger partial charge >= 0.3 is 6.36 Å². The van der Waals surface area contributed by atoms with Gasteiger partial charge in [-0.2, -0.15) is 0 Å². The number of likely N-dealkylation sites (tertiary alicyclic amines) is 1. The molecule has 44 heavy (non-hydrogen) atoms. The average molecular weight is 618 g/mol. The number of halogens is 5. The Morgan fingerprint density at radius 1 is 1.09 bits per heavy atom. The van der Waals surface area contributed by atoms with Gasteiger partial charge in [0, 0.05) is 55.7 Å². The van der Waals surface area contributed by atoms with Gasteiger partial charge in [-0.25, -0.2) is 13.8 Å². The number of nitrogens with one attached hydrogen (secondary N) is 1. The quantitative estimate of drug-likeness (QED) is 0.231. The normalized spacial score (nSPS) is 15.6. The van der Waals surface area contributed by atoms with Gasteiger partial charge in [0.15, 0.2) is 11.3 Å². The number of carbonyl (C=O) groups excluding carboxylic acids is 2. The topological polar surface area (TPSA) is 124 Å². The van der Waals surface area contributed by atoms with Crippen LogP contribution in [0.25, 0.3) is 22.2 Å². The molecule has 0 aliphatic carbocycles. The molecule has 1 unspecified atom stereocenters. The number of fused-ring (bicyclic) bond motifs is 1. The molecule has 9 nitrogen and oxygen atoms in total. The van der Waals surface area contributed by atoms with Crippen LogP contribution in [0.3, 0.4) is 0 Å². The molecule has 0 bridgehead atoms. The third-order valence-corrected chi connectivity index (χ3v) is 7.28. The number of hydrogen-bond acceptors (Lipinski definition) is 7. The molecule has 2 amide bonds. The molecule has 0 saturated carbocycles. The minimum absolute atomic E-state index is 0.0848. The van der Waals surface area contributed by atoms with Crippen molar-refractivity contribution in [3.05, 3.63) is 71.7 Å². The Bertz CT molecular complexity index is 1650. The number of nitrogens with zero attached hydrogens (tertiary/aromatic N) is 3. The number of furan rings is 1. The summed E-state index contributed by atoms with van der Waals surface area (Å²) in [6.45, 7) is 1.58. The molecule has 1 fully saturated rings. The molecular weight excluding hydrogens is 589 g/mol. The number of anilines is 1. The number of hydrogen-bond donors (Lipinski definition) is 2. The summed E-state index contributed by atoms with van der Waals surface area (Å²) >= 11 is 0. The highest BCUT2D eigenvalue weighted by atomic mass is 19.4. The van der Waals surface area contributed by atoms with E-state index in [1.54, 1.807) is 24.4 Å². The molecule has 3 N–H and O–H groups in total. The molecule has 1 atom stereocenters. The van der Waals surface area contributed by atoms with Gasteiger partial charge in [-0.1, -0.05) is 13.0 Å². The zero-order chi connectivity index (χ0) is 31.6. The smallest absolute Gasteiger partial charge is 0.455 e. The highest BCUT2D eigenvalue weighted by molar-refractivity contribution is 5.94. The SMILES string of the molecule is CC(CC(=O)NCc1cc2cc(-c3ccc(C(=O)N4CCC(F)(F)CC4)cn3)cc(OC(F)(F)F)c2o1)c1ccc(N)nc1. The Morgan fingerprint density at radius 2 is 1.84 bits per heavy atom. The largest absolute Gasteiger partial charge is 0.573 e. The summed E-state index contributed by atoms with van der Waals surface area (Å²) in [5.74, 6) is -3.78. The van der Waals surface area contributed by atoms with E-state index in [0.29, 0.717) is 5.82 Å². The molecule has 14 heteroatoms. The van der Waals surface area contributed by atoms with E-state index in [9.17, 15) is 31.5 Å². The van der Waals surface area contributed by atoms with Crippen molar-refractivity contribution in [2.75, 3.05) is 18.8 Å². The molecule has 1 saturated heterocycles. The molecule has 1 aliphatic rings. The molecule has 4 aromatic rings. The number of carbonyl (C=O) groups is 2. The summed E-state index contributed by atoms with van der Waals surface area (Å²) in [5.41, 5.74) is 6.89. The predicted molar refractivity (Wildman–Crippen MR) is 150 cm³/mol. The van der Waals surface area contributed by atoms with Crippen LogP contribution < -0.4 is 15.8 Å². The van der Waals surface area contributed by atoms with Crippen LogP contribution in [0.4, 0.5) is 27.8 Å². The number of rotatable bonds is 8.